The SMILES string of the molecule is Fc1cc(-c2ccc(-c3ccccc3)cc2)cc(F)c1-c1cc(F)c(C(F)(F)F)c(F)c1. The minimum absolute atomic E-state index is 0.163. The third kappa shape index (κ3) is 4.10. The molecule has 0 amide bonds. The summed E-state index contributed by atoms with van der Waals surface area (Å²) in [5.41, 5.74) is -1.11. The van der Waals surface area contributed by atoms with Crippen LogP contribution in [0.4, 0.5) is 30.7 Å². The van der Waals surface area contributed by atoms with Crippen molar-refractivity contribution in [1.29, 1.82) is 0 Å². The molecule has 0 saturated heterocycles. The van der Waals surface area contributed by atoms with Crippen LogP contribution in [0.2, 0.25) is 0 Å². The number of hydrogen-bond acceptors (Lipinski definition) is 0. The van der Waals surface area contributed by atoms with Crippen molar-refractivity contribution in [1.82, 2.24) is 0 Å². The van der Waals surface area contributed by atoms with Crippen LogP contribution in [0.1, 0.15) is 5.56 Å². The van der Waals surface area contributed by atoms with Crippen molar-refractivity contribution in [2.24, 2.45) is 0 Å². The van der Waals surface area contributed by atoms with E-state index in [1.807, 2.05) is 30.3 Å². The molecule has 0 bridgehead atoms. The first kappa shape index (κ1) is 21.6. The lowest BCUT2D eigenvalue weighted by atomic mass is 9.96. The summed E-state index contributed by atoms with van der Waals surface area (Å²) in [6.45, 7) is 0. The Labute approximate surface area is 178 Å². The van der Waals surface area contributed by atoms with Crippen LogP contribution in [0.5, 0.6) is 0 Å². The van der Waals surface area contributed by atoms with Gasteiger partial charge in [-0.05, 0) is 52.1 Å². The molecule has 0 N–H and O–H groups in total. The lowest BCUT2D eigenvalue weighted by Crippen LogP contribution is -2.11. The summed E-state index contributed by atoms with van der Waals surface area (Å²) < 4.78 is 95.4. The molecule has 0 heterocycles. The van der Waals surface area contributed by atoms with E-state index in [1.165, 1.54) is 0 Å². The summed E-state index contributed by atoms with van der Waals surface area (Å²) in [7, 11) is 0. The van der Waals surface area contributed by atoms with E-state index >= 15 is 0 Å². The van der Waals surface area contributed by atoms with Crippen LogP contribution in [-0.2, 0) is 6.18 Å². The maximum absolute atomic E-state index is 14.7. The third-order valence-electron chi connectivity index (χ3n) is 4.98. The molecular weight excluding hydrogens is 433 g/mol. The van der Waals surface area contributed by atoms with Crippen LogP contribution < -0.4 is 0 Å². The van der Waals surface area contributed by atoms with Gasteiger partial charge in [-0.2, -0.15) is 13.2 Å². The van der Waals surface area contributed by atoms with Gasteiger partial charge in [0.2, 0.25) is 0 Å². The zero-order valence-electron chi connectivity index (χ0n) is 16.2. The second-order valence-electron chi connectivity index (χ2n) is 7.07. The fourth-order valence-corrected chi connectivity index (χ4v) is 3.49. The first-order chi connectivity index (χ1) is 15.1. The van der Waals surface area contributed by atoms with Crippen molar-refractivity contribution in [3.63, 3.8) is 0 Å². The molecule has 0 aliphatic heterocycles. The molecule has 0 aliphatic carbocycles. The Hall–Kier alpha value is -3.61. The van der Waals surface area contributed by atoms with Crippen LogP contribution in [0, 0.1) is 23.3 Å². The Morgan fingerprint density at radius 3 is 1.31 bits per heavy atom. The first-order valence-corrected chi connectivity index (χ1v) is 9.36. The molecule has 4 aromatic rings. The second kappa shape index (κ2) is 8.15. The van der Waals surface area contributed by atoms with Gasteiger partial charge >= 0.3 is 6.18 Å². The molecule has 7 heteroatoms. The number of rotatable bonds is 3. The van der Waals surface area contributed by atoms with E-state index < -0.39 is 46.1 Å². The predicted molar refractivity (Wildman–Crippen MR) is 108 cm³/mol. The van der Waals surface area contributed by atoms with Gasteiger partial charge in [-0.3, -0.25) is 0 Å². The molecule has 0 nitrogen and oxygen atoms in total. The number of benzene rings is 4. The molecule has 4 rings (SSSR count). The van der Waals surface area contributed by atoms with Crippen molar-refractivity contribution in [2.75, 3.05) is 0 Å². The Morgan fingerprint density at radius 1 is 0.438 bits per heavy atom. The first-order valence-electron chi connectivity index (χ1n) is 9.36. The van der Waals surface area contributed by atoms with Crippen LogP contribution >= 0.6 is 0 Å². The summed E-state index contributed by atoms with van der Waals surface area (Å²) in [6.07, 6.45) is -5.28. The Kier molecular flexibility index (Phi) is 5.50. The highest BCUT2D eigenvalue weighted by molar-refractivity contribution is 5.74. The van der Waals surface area contributed by atoms with Gasteiger partial charge in [0.25, 0.3) is 0 Å². The molecule has 0 atom stereocenters. The van der Waals surface area contributed by atoms with Gasteiger partial charge in [-0.1, -0.05) is 54.6 Å². The monoisotopic (exact) mass is 446 g/mol. The Bertz CT molecular complexity index is 1230. The number of halogens is 7. The molecule has 0 fully saturated rings. The minimum atomic E-state index is -5.28. The topological polar surface area (TPSA) is 0 Å². The smallest absolute Gasteiger partial charge is 0.206 e. The van der Waals surface area contributed by atoms with E-state index in [2.05, 4.69) is 0 Å². The van der Waals surface area contributed by atoms with Gasteiger partial charge in [-0.25, -0.2) is 17.6 Å². The lowest BCUT2D eigenvalue weighted by Gasteiger charge is -2.13. The summed E-state index contributed by atoms with van der Waals surface area (Å²) in [6, 6.07) is 18.8. The fourth-order valence-electron chi connectivity index (χ4n) is 3.49. The van der Waals surface area contributed by atoms with Crippen molar-refractivity contribution < 1.29 is 30.7 Å². The molecule has 0 saturated carbocycles. The molecular formula is C25H13F7. The van der Waals surface area contributed by atoms with E-state index in [9.17, 15) is 30.7 Å². The molecule has 0 radical (unpaired) electrons. The third-order valence-corrected chi connectivity index (χ3v) is 4.98. The van der Waals surface area contributed by atoms with E-state index in [1.54, 1.807) is 24.3 Å². The van der Waals surface area contributed by atoms with Crippen LogP contribution in [0.15, 0.2) is 78.9 Å². The minimum Gasteiger partial charge on any atom is -0.206 e. The summed E-state index contributed by atoms with van der Waals surface area (Å²) in [5, 5.41) is 0. The second-order valence-corrected chi connectivity index (χ2v) is 7.07. The Morgan fingerprint density at radius 2 is 0.844 bits per heavy atom. The average Bonchev–Trinajstić information content (AvgIpc) is 2.72. The molecule has 0 aliphatic rings. The van der Waals surface area contributed by atoms with Crippen molar-refractivity contribution in [3.05, 3.63) is 108 Å². The molecule has 162 valence electrons. The summed E-state index contributed by atoms with van der Waals surface area (Å²) in [5.74, 6) is -6.23. The molecule has 0 aromatic heterocycles. The van der Waals surface area contributed by atoms with E-state index in [0.717, 1.165) is 23.3 Å². The van der Waals surface area contributed by atoms with Gasteiger partial charge in [0, 0.05) is 0 Å². The maximum atomic E-state index is 14.7. The highest BCUT2D eigenvalue weighted by Crippen LogP contribution is 2.38. The zero-order chi connectivity index (χ0) is 23.0. The molecule has 4 aromatic carbocycles. The Balaban J connectivity index is 1.72. The number of alkyl halides is 3. The standard InChI is InChI=1S/C25H13F7/c26-19-10-17(16-8-6-15(7-9-16)14-4-2-1-3-5-14)11-20(27)23(19)18-12-21(28)24(22(29)13-18)25(30,31)32/h1-13H. The summed E-state index contributed by atoms with van der Waals surface area (Å²) >= 11 is 0. The van der Waals surface area contributed by atoms with Gasteiger partial charge in [0.15, 0.2) is 0 Å². The van der Waals surface area contributed by atoms with Crippen LogP contribution in [-0.4, -0.2) is 0 Å². The van der Waals surface area contributed by atoms with Gasteiger partial charge in [-0.15, -0.1) is 0 Å². The van der Waals surface area contributed by atoms with Crippen LogP contribution in [0.3, 0.4) is 0 Å². The number of hydrogen-bond donors (Lipinski definition) is 0. The van der Waals surface area contributed by atoms with E-state index in [0.29, 0.717) is 5.56 Å². The van der Waals surface area contributed by atoms with E-state index in [-0.39, 0.29) is 17.7 Å². The maximum Gasteiger partial charge on any atom is 0.422 e. The van der Waals surface area contributed by atoms with Gasteiger partial charge in [0.05, 0.1) is 5.56 Å². The molecule has 0 unspecified atom stereocenters. The quantitative estimate of drug-likeness (QED) is 0.278. The van der Waals surface area contributed by atoms with Crippen molar-refractivity contribution in [2.45, 2.75) is 6.18 Å². The largest absolute Gasteiger partial charge is 0.422 e. The van der Waals surface area contributed by atoms with Crippen molar-refractivity contribution in [3.8, 4) is 33.4 Å². The normalized spacial score (nSPS) is 11.6. The highest BCUT2D eigenvalue weighted by Gasteiger charge is 2.38. The fraction of sp³-hybridized carbons (Fsp3) is 0.0400. The lowest BCUT2D eigenvalue weighted by molar-refractivity contribution is -0.142. The zero-order valence-corrected chi connectivity index (χ0v) is 16.2. The van der Waals surface area contributed by atoms with E-state index in [4.69, 9.17) is 0 Å². The predicted octanol–water partition coefficient (Wildman–Crippen LogP) is 8.26. The molecule has 0 spiro atoms. The molecule has 32 heavy (non-hydrogen) atoms. The summed E-state index contributed by atoms with van der Waals surface area (Å²) in [4.78, 5) is 0. The van der Waals surface area contributed by atoms with Crippen LogP contribution in [0.25, 0.3) is 33.4 Å². The average molecular weight is 446 g/mol. The van der Waals surface area contributed by atoms with Crippen molar-refractivity contribution >= 4 is 0 Å². The van der Waals surface area contributed by atoms with Gasteiger partial charge < -0.3 is 0 Å². The highest BCUT2D eigenvalue weighted by atomic mass is 19.4. The van der Waals surface area contributed by atoms with Gasteiger partial charge in [0.1, 0.15) is 28.8 Å².